The van der Waals surface area contributed by atoms with Crippen LogP contribution in [-0.4, -0.2) is 24.1 Å². The Morgan fingerprint density at radius 3 is 2.62 bits per heavy atom. The Bertz CT molecular complexity index is 262. The average Bonchev–Trinajstić information content (AvgIpc) is 2.51. The van der Waals surface area contributed by atoms with Crippen LogP contribution in [0.4, 0.5) is 0 Å². The summed E-state index contributed by atoms with van der Waals surface area (Å²) in [4.78, 5) is 12.0. The van der Waals surface area contributed by atoms with Crippen molar-refractivity contribution in [3.8, 4) is 0 Å². The number of esters is 1. The van der Waals surface area contributed by atoms with Gasteiger partial charge in [-0.2, -0.15) is 11.8 Å². The Hall–Kier alpha value is -0.180. The first kappa shape index (κ1) is 18.9. The highest BCUT2D eigenvalue weighted by atomic mass is 32.2. The van der Waals surface area contributed by atoms with Gasteiger partial charge in [0.05, 0.1) is 0 Å². The largest absolute Gasteiger partial charge is 0.461 e. The van der Waals surface area contributed by atoms with Gasteiger partial charge < -0.3 is 4.74 Å². The van der Waals surface area contributed by atoms with Crippen molar-refractivity contribution in [3.05, 3.63) is 0 Å². The first-order valence-corrected chi connectivity index (χ1v) is 10.3. The number of unbranched alkanes of at least 4 members (excludes halogenated alkanes) is 3. The summed E-state index contributed by atoms with van der Waals surface area (Å²) in [5.74, 6) is 1.76. The molecule has 1 aliphatic rings. The van der Waals surface area contributed by atoms with Crippen molar-refractivity contribution < 1.29 is 9.53 Å². The van der Waals surface area contributed by atoms with Crippen molar-refractivity contribution in [3.63, 3.8) is 0 Å². The van der Waals surface area contributed by atoms with Gasteiger partial charge >= 0.3 is 5.97 Å². The number of ether oxygens (including phenoxy) is 1. The van der Waals surface area contributed by atoms with Crippen LogP contribution in [0.2, 0.25) is 0 Å². The maximum Gasteiger partial charge on any atom is 0.306 e. The van der Waals surface area contributed by atoms with E-state index in [0.717, 1.165) is 24.5 Å². The van der Waals surface area contributed by atoms with E-state index in [9.17, 15) is 4.79 Å². The standard InChI is InChI=1S/C18H34O2S/c1-3-4-5-9-12-17(15-21-2)20-18(19)14-13-16-10-7-6-8-11-16/h16-17H,3-15H2,1-2H3. The molecule has 1 atom stereocenters. The van der Waals surface area contributed by atoms with E-state index in [2.05, 4.69) is 13.2 Å². The molecule has 1 unspecified atom stereocenters. The predicted octanol–water partition coefficient (Wildman–Crippen LogP) is 5.59. The van der Waals surface area contributed by atoms with Gasteiger partial charge in [-0.25, -0.2) is 0 Å². The molecular weight excluding hydrogens is 280 g/mol. The second kappa shape index (κ2) is 12.4. The summed E-state index contributed by atoms with van der Waals surface area (Å²) in [7, 11) is 0. The van der Waals surface area contributed by atoms with Gasteiger partial charge in [-0.15, -0.1) is 0 Å². The number of carbonyl (C=O) groups excluding carboxylic acids is 1. The lowest BCUT2D eigenvalue weighted by molar-refractivity contribution is -0.148. The van der Waals surface area contributed by atoms with Crippen LogP contribution in [0.25, 0.3) is 0 Å². The minimum Gasteiger partial charge on any atom is -0.461 e. The van der Waals surface area contributed by atoms with E-state index in [-0.39, 0.29) is 12.1 Å². The molecule has 124 valence electrons. The van der Waals surface area contributed by atoms with E-state index in [0.29, 0.717) is 6.42 Å². The quantitative estimate of drug-likeness (QED) is 0.367. The number of hydrogen-bond donors (Lipinski definition) is 0. The molecule has 0 heterocycles. The second-order valence-electron chi connectivity index (χ2n) is 6.46. The Kier molecular flexibility index (Phi) is 11.1. The van der Waals surface area contributed by atoms with Crippen molar-refractivity contribution in [2.45, 2.75) is 90.1 Å². The van der Waals surface area contributed by atoms with Crippen LogP contribution < -0.4 is 0 Å². The molecule has 1 fully saturated rings. The molecular formula is C18H34O2S. The van der Waals surface area contributed by atoms with Gasteiger partial charge in [0.25, 0.3) is 0 Å². The van der Waals surface area contributed by atoms with E-state index in [1.807, 2.05) is 0 Å². The Balaban J connectivity index is 2.17. The molecule has 0 radical (unpaired) electrons. The summed E-state index contributed by atoms with van der Waals surface area (Å²) in [6.45, 7) is 2.23. The monoisotopic (exact) mass is 314 g/mol. The van der Waals surface area contributed by atoms with Gasteiger partial charge in [0.1, 0.15) is 6.10 Å². The highest BCUT2D eigenvalue weighted by Crippen LogP contribution is 2.27. The fourth-order valence-electron chi connectivity index (χ4n) is 3.20. The van der Waals surface area contributed by atoms with Crippen LogP contribution in [0.1, 0.15) is 84.0 Å². The molecule has 0 spiro atoms. The molecule has 1 saturated carbocycles. The lowest BCUT2D eigenvalue weighted by Gasteiger charge is -2.22. The molecule has 21 heavy (non-hydrogen) atoms. The van der Waals surface area contributed by atoms with Gasteiger partial charge in [-0.1, -0.05) is 58.3 Å². The molecule has 0 aromatic carbocycles. The molecule has 2 nitrogen and oxygen atoms in total. The minimum absolute atomic E-state index is 0.0371. The van der Waals surface area contributed by atoms with Crippen LogP contribution >= 0.6 is 11.8 Å². The molecule has 0 bridgehead atoms. The third-order valence-electron chi connectivity index (χ3n) is 4.51. The Labute approximate surface area is 135 Å². The zero-order valence-electron chi connectivity index (χ0n) is 14.1. The fourth-order valence-corrected chi connectivity index (χ4v) is 3.81. The maximum absolute atomic E-state index is 12.0. The van der Waals surface area contributed by atoms with Crippen molar-refractivity contribution in [2.24, 2.45) is 5.92 Å². The number of carbonyl (C=O) groups is 1. The summed E-state index contributed by atoms with van der Waals surface area (Å²) in [5, 5.41) is 0. The highest BCUT2D eigenvalue weighted by Gasteiger charge is 2.18. The SMILES string of the molecule is CCCCCCC(CSC)OC(=O)CCC1CCCCC1. The van der Waals surface area contributed by atoms with Crippen LogP contribution in [0.3, 0.4) is 0 Å². The highest BCUT2D eigenvalue weighted by molar-refractivity contribution is 7.98. The van der Waals surface area contributed by atoms with Crippen molar-refractivity contribution in [1.82, 2.24) is 0 Å². The van der Waals surface area contributed by atoms with Crippen molar-refractivity contribution in [1.29, 1.82) is 0 Å². The number of hydrogen-bond acceptors (Lipinski definition) is 3. The molecule has 0 aromatic heterocycles. The van der Waals surface area contributed by atoms with Crippen LogP contribution in [-0.2, 0) is 9.53 Å². The average molecular weight is 315 g/mol. The third-order valence-corrected chi connectivity index (χ3v) is 5.22. The van der Waals surface area contributed by atoms with Gasteiger partial charge in [0.2, 0.25) is 0 Å². The Morgan fingerprint density at radius 1 is 1.19 bits per heavy atom. The first-order valence-electron chi connectivity index (χ1n) is 8.94. The van der Waals surface area contributed by atoms with Crippen LogP contribution in [0.5, 0.6) is 0 Å². The predicted molar refractivity (Wildman–Crippen MR) is 92.8 cm³/mol. The smallest absolute Gasteiger partial charge is 0.306 e. The number of rotatable bonds is 11. The summed E-state index contributed by atoms with van der Waals surface area (Å²) >= 11 is 1.78. The summed E-state index contributed by atoms with van der Waals surface area (Å²) < 4.78 is 5.70. The molecule has 0 aliphatic heterocycles. The Morgan fingerprint density at radius 2 is 1.95 bits per heavy atom. The molecule has 3 heteroatoms. The fraction of sp³-hybridized carbons (Fsp3) is 0.944. The zero-order valence-corrected chi connectivity index (χ0v) is 14.9. The van der Waals surface area contributed by atoms with E-state index in [1.54, 1.807) is 11.8 Å². The van der Waals surface area contributed by atoms with Gasteiger partial charge in [0, 0.05) is 12.2 Å². The summed E-state index contributed by atoms with van der Waals surface area (Å²) in [5.41, 5.74) is 0. The molecule has 0 saturated heterocycles. The lowest BCUT2D eigenvalue weighted by Crippen LogP contribution is -2.21. The van der Waals surface area contributed by atoms with E-state index >= 15 is 0 Å². The summed E-state index contributed by atoms with van der Waals surface area (Å²) in [6.07, 6.45) is 16.7. The first-order chi connectivity index (χ1) is 10.3. The van der Waals surface area contributed by atoms with Gasteiger partial charge in [-0.3, -0.25) is 4.79 Å². The molecule has 0 aromatic rings. The van der Waals surface area contributed by atoms with Crippen LogP contribution in [0, 0.1) is 5.92 Å². The lowest BCUT2D eigenvalue weighted by atomic mass is 9.86. The van der Waals surface area contributed by atoms with Crippen LogP contribution in [0.15, 0.2) is 0 Å². The number of thioether (sulfide) groups is 1. The molecule has 0 amide bonds. The van der Waals surface area contributed by atoms with E-state index in [4.69, 9.17) is 4.74 Å². The van der Waals surface area contributed by atoms with E-state index in [1.165, 1.54) is 57.8 Å². The second-order valence-corrected chi connectivity index (χ2v) is 7.37. The maximum atomic E-state index is 12.0. The topological polar surface area (TPSA) is 26.3 Å². The van der Waals surface area contributed by atoms with E-state index < -0.39 is 0 Å². The summed E-state index contributed by atoms with van der Waals surface area (Å²) in [6, 6.07) is 0. The van der Waals surface area contributed by atoms with Crippen molar-refractivity contribution >= 4 is 17.7 Å². The van der Waals surface area contributed by atoms with Crippen molar-refractivity contribution in [2.75, 3.05) is 12.0 Å². The van der Waals surface area contributed by atoms with Gasteiger partial charge in [0.15, 0.2) is 0 Å². The van der Waals surface area contributed by atoms with Gasteiger partial charge in [-0.05, 0) is 31.4 Å². The minimum atomic E-state index is 0.0371. The third kappa shape index (κ3) is 9.44. The normalized spacial score (nSPS) is 17.6. The zero-order chi connectivity index (χ0) is 15.3. The molecule has 1 aliphatic carbocycles. The molecule has 1 rings (SSSR count). The molecule has 0 N–H and O–H groups in total.